The molecule has 0 fully saturated rings. The molecule has 5 nitrogen and oxygen atoms in total. The predicted molar refractivity (Wildman–Crippen MR) is 69.2 cm³/mol. The second-order valence-corrected chi connectivity index (χ2v) is 5.66. The topological polar surface area (TPSA) is 78.0 Å². The molecule has 0 bridgehead atoms. The van der Waals surface area contributed by atoms with Crippen molar-refractivity contribution in [1.82, 2.24) is 15.3 Å². The summed E-state index contributed by atoms with van der Waals surface area (Å²) in [6.07, 6.45) is 4.76. The highest BCUT2D eigenvalue weighted by Gasteiger charge is 2.28. The Morgan fingerprint density at radius 2 is 2.22 bits per heavy atom. The second kappa shape index (κ2) is 4.57. The van der Waals surface area contributed by atoms with Crippen LogP contribution in [0.15, 0.2) is 6.08 Å². The van der Waals surface area contributed by atoms with Crippen LogP contribution in [0, 0.1) is 5.41 Å². The first-order valence-electron chi connectivity index (χ1n) is 6.11. The minimum Gasteiger partial charge on any atom is -0.480 e. The largest absolute Gasteiger partial charge is 0.480 e. The Hall–Kier alpha value is -1.62. The Bertz CT molecular complexity index is 483. The van der Waals surface area contributed by atoms with Crippen molar-refractivity contribution < 1.29 is 9.90 Å². The highest BCUT2D eigenvalue weighted by molar-refractivity contribution is 5.75. The van der Waals surface area contributed by atoms with E-state index in [1.54, 1.807) is 0 Å². The fraction of sp³-hybridized carbons (Fsp3) is 0.538. The van der Waals surface area contributed by atoms with Gasteiger partial charge in [0.2, 0.25) is 0 Å². The van der Waals surface area contributed by atoms with Crippen molar-refractivity contribution in [2.45, 2.75) is 33.2 Å². The van der Waals surface area contributed by atoms with E-state index in [2.05, 4.69) is 42.1 Å². The molecule has 2 heterocycles. The molecular weight excluding hydrogens is 230 g/mol. The zero-order valence-electron chi connectivity index (χ0n) is 10.9. The number of aliphatic carboxylic acids is 1. The van der Waals surface area contributed by atoms with Crippen LogP contribution < -0.4 is 5.32 Å². The van der Waals surface area contributed by atoms with Crippen molar-refractivity contribution >= 4 is 12.0 Å². The molecule has 18 heavy (non-hydrogen) atoms. The minimum atomic E-state index is -0.881. The third kappa shape index (κ3) is 2.79. The zero-order valence-corrected chi connectivity index (χ0v) is 10.9. The lowest BCUT2D eigenvalue weighted by Gasteiger charge is -2.18. The van der Waals surface area contributed by atoms with Gasteiger partial charge < -0.3 is 10.1 Å². The molecule has 2 rings (SSSR count). The lowest BCUT2D eigenvalue weighted by atomic mass is 9.96. The molecular formula is C13H19N3O2. The number of imidazole rings is 1. The van der Waals surface area contributed by atoms with E-state index in [0.717, 1.165) is 17.9 Å². The smallest absolute Gasteiger partial charge is 0.327 e. The molecule has 1 aromatic rings. The van der Waals surface area contributed by atoms with Crippen molar-refractivity contribution in [3.63, 3.8) is 0 Å². The number of hydrogen-bond donors (Lipinski definition) is 3. The van der Waals surface area contributed by atoms with Gasteiger partial charge >= 0.3 is 5.97 Å². The second-order valence-electron chi connectivity index (χ2n) is 5.66. The van der Waals surface area contributed by atoms with Gasteiger partial charge in [0.15, 0.2) is 6.04 Å². The van der Waals surface area contributed by atoms with E-state index in [4.69, 9.17) is 5.11 Å². The molecule has 0 radical (unpaired) electrons. The molecule has 0 saturated heterocycles. The van der Waals surface area contributed by atoms with E-state index in [-0.39, 0.29) is 5.41 Å². The Kier molecular flexibility index (Phi) is 3.26. The van der Waals surface area contributed by atoms with Crippen molar-refractivity contribution in [2.24, 2.45) is 5.41 Å². The van der Waals surface area contributed by atoms with E-state index in [9.17, 15) is 4.79 Å². The van der Waals surface area contributed by atoms with E-state index < -0.39 is 12.0 Å². The monoisotopic (exact) mass is 249 g/mol. The maximum Gasteiger partial charge on any atom is 0.327 e. The lowest BCUT2D eigenvalue weighted by Crippen LogP contribution is -2.35. The van der Waals surface area contributed by atoms with Crippen molar-refractivity contribution in [3.8, 4) is 0 Å². The molecule has 1 unspecified atom stereocenters. The minimum absolute atomic E-state index is 0.0811. The summed E-state index contributed by atoms with van der Waals surface area (Å²) in [5.74, 6) is -0.154. The maximum absolute atomic E-state index is 11.1. The lowest BCUT2D eigenvalue weighted by molar-refractivity contribution is -0.139. The number of nitrogens with one attached hydrogen (secondary N) is 2. The van der Waals surface area contributed by atoms with Gasteiger partial charge in [-0.15, -0.1) is 0 Å². The summed E-state index contributed by atoms with van der Waals surface area (Å²) in [6, 6.07) is -0.693. The summed E-state index contributed by atoms with van der Waals surface area (Å²) >= 11 is 0. The Balaban J connectivity index is 2.27. The van der Waals surface area contributed by atoms with Crippen LogP contribution in [0.3, 0.4) is 0 Å². The van der Waals surface area contributed by atoms with Gasteiger partial charge in [0.05, 0.1) is 5.69 Å². The first-order chi connectivity index (χ1) is 8.37. The van der Waals surface area contributed by atoms with Gasteiger partial charge in [0.1, 0.15) is 5.82 Å². The maximum atomic E-state index is 11.1. The number of aromatic nitrogens is 2. The molecule has 1 aromatic heterocycles. The fourth-order valence-corrected chi connectivity index (χ4v) is 1.92. The molecule has 98 valence electrons. The number of rotatable bonds is 2. The van der Waals surface area contributed by atoms with Gasteiger partial charge in [-0.25, -0.2) is 4.98 Å². The highest BCUT2D eigenvalue weighted by atomic mass is 16.4. The SMILES string of the molecule is CC(C)(C)/C=C/c1nc2c([nH]1)CCNC2C(=O)O. The van der Waals surface area contributed by atoms with Crippen LogP contribution in [-0.2, 0) is 11.2 Å². The molecule has 3 N–H and O–H groups in total. The number of aromatic amines is 1. The Morgan fingerprint density at radius 1 is 1.50 bits per heavy atom. The summed E-state index contributed by atoms with van der Waals surface area (Å²) in [6.45, 7) is 6.98. The van der Waals surface area contributed by atoms with E-state index in [1.165, 1.54) is 0 Å². The van der Waals surface area contributed by atoms with Crippen LogP contribution in [0.4, 0.5) is 0 Å². The van der Waals surface area contributed by atoms with Crippen LogP contribution in [-0.4, -0.2) is 27.6 Å². The summed E-state index contributed by atoms with van der Waals surface area (Å²) in [4.78, 5) is 18.7. The van der Waals surface area contributed by atoms with E-state index in [0.29, 0.717) is 12.2 Å². The molecule has 5 heteroatoms. The van der Waals surface area contributed by atoms with Crippen LogP contribution >= 0.6 is 0 Å². The van der Waals surface area contributed by atoms with E-state index in [1.807, 2.05) is 6.08 Å². The third-order valence-corrected chi connectivity index (χ3v) is 2.81. The number of hydrogen-bond acceptors (Lipinski definition) is 3. The average molecular weight is 249 g/mol. The number of carbonyl (C=O) groups is 1. The molecule has 1 aliphatic rings. The first-order valence-corrected chi connectivity index (χ1v) is 6.11. The van der Waals surface area contributed by atoms with Crippen molar-refractivity contribution in [2.75, 3.05) is 6.54 Å². The summed E-state index contributed by atoms with van der Waals surface area (Å²) in [5, 5.41) is 12.1. The highest BCUT2D eigenvalue weighted by Crippen LogP contribution is 2.22. The van der Waals surface area contributed by atoms with Gasteiger partial charge in [0.25, 0.3) is 0 Å². The first kappa shape index (κ1) is 12.8. The predicted octanol–water partition coefficient (Wildman–Crippen LogP) is 1.74. The third-order valence-electron chi connectivity index (χ3n) is 2.81. The number of allylic oxidation sites excluding steroid dienone is 1. The number of H-pyrrole nitrogens is 1. The average Bonchev–Trinajstić information content (AvgIpc) is 2.67. The molecule has 0 saturated carbocycles. The van der Waals surface area contributed by atoms with Crippen LogP contribution in [0.5, 0.6) is 0 Å². The number of carboxylic acid groups (broad SMARTS) is 1. The molecule has 0 aliphatic carbocycles. The molecule has 0 amide bonds. The van der Waals surface area contributed by atoms with E-state index >= 15 is 0 Å². The zero-order chi connectivity index (χ0) is 13.3. The summed E-state index contributed by atoms with van der Waals surface area (Å²) in [7, 11) is 0. The number of carboxylic acids is 1. The van der Waals surface area contributed by atoms with Crippen molar-refractivity contribution in [1.29, 1.82) is 0 Å². The number of fused-ring (bicyclic) bond motifs is 1. The standard InChI is InChI=1S/C13H19N3O2/c1-13(2,3)6-4-9-15-8-5-7-14-11(12(17)18)10(8)16-9/h4,6,11,14H,5,7H2,1-3H3,(H,15,16)(H,17,18)/b6-4+. The van der Waals surface area contributed by atoms with Gasteiger partial charge in [-0.3, -0.25) is 10.1 Å². The quantitative estimate of drug-likeness (QED) is 0.746. The summed E-state index contributed by atoms with van der Waals surface area (Å²) in [5.41, 5.74) is 1.62. The van der Waals surface area contributed by atoms with Crippen LogP contribution in [0.25, 0.3) is 6.08 Å². The van der Waals surface area contributed by atoms with Crippen LogP contribution in [0.1, 0.15) is 44.0 Å². The van der Waals surface area contributed by atoms with Gasteiger partial charge in [-0.05, 0) is 11.5 Å². The van der Waals surface area contributed by atoms with Crippen molar-refractivity contribution in [3.05, 3.63) is 23.3 Å². The molecule has 0 aromatic carbocycles. The summed E-state index contributed by atoms with van der Waals surface area (Å²) < 4.78 is 0. The van der Waals surface area contributed by atoms with Gasteiger partial charge in [-0.1, -0.05) is 26.8 Å². The molecule has 0 spiro atoms. The fourth-order valence-electron chi connectivity index (χ4n) is 1.92. The molecule has 1 atom stereocenters. The number of nitrogens with zero attached hydrogens (tertiary/aromatic N) is 1. The normalized spacial score (nSPS) is 20.1. The van der Waals surface area contributed by atoms with Gasteiger partial charge in [0, 0.05) is 18.7 Å². The Morgan fingerprint density at radius 3 is 2.83 bits per heavy atom. The Labute approximate surface area is 106 Å². The van der Waals surface area contributed by atoms with Gasteiger partial charge in [-0.2, -0.15) is 0 Å². The molecule has 1 aliphatic heterocycles. The van der Waals surface area contributed by atoms with Crippen LogP contribution in [0.2, 0.25) is 0 Å².